The Hall–Kier alpha value is -1.88. The highest BCUT2D eigenvalue weighted by Gasteiger charge is 2.11. The van der Waals surface area contributed by atoms with Crippen LogP contribution in [0.5, 0.6) is 0 Å². The molecule has 0 spiro atoms. The molecule has 1 aromatic carbocycles. The molecule has 0 aliphatic heterocycles. The number of nitrogens with one attached hydrogen (secondary N) is 1. The normalized spacial score (nSPS) is 12.2. The van der Waals surface area contributed by atoms with E-state index in [1.165, 1.54) is 11.8 Å². The summed E-state index contributed by atoms with van der Waals surface area (Å²) in [6.07, 6.45) is 2.13. The second-order valence-corrected chi connectivity index (χ2v) is 7.71. The van der Waals surface area contributed by atoms with Crippen LogP contribution in [0, 0.1) is 12.8 Å². The van der Waals surface area contributed by atoms with Gasteiger partial charge in [-0.05, 0) is 38.7 Å². The van der Waals surface area contributed by atoms with E-state index in [2.05, 4.69) is 36.1 Å². The molecule has 0 aliphatic carbocycles. The molecule has 1 aromatic heterocycles. The van der Waals surface area contributed by atoms with Crippen molar-refractivity contribution in [3.8, 4) is 11.3 Å². The number of carbonyl (C=O) groups is 1. The number of rotatable bonds is 8. The van der Waals surface area contributed by atoms with E-state index in [1.807, 2.05) is 43.3 Å². The van der Waals surface area contributed by atoms with Crippen LogP contribution in [0.2, 0.25) is 0 Å². The van der Waals surface area contributed by atoms with Crippen molar-refractivity contribution in [2.75, 3.05) is 5.75 Å². The van der Waals surface area contributed by atoms with Crippen LogP contribution >= 0.6 is 11.8 Å². The Morgan fingerprint density at radius 3 is 2.52 bits per heavy atom. The Morgan fingerprint density at radius 1 is 1.12 bits per heavy atom. The quantitative estimate of drug-likeness (QED) is 0.559. The molecule has 0 unspecified atom stereocenters. The van der Waals surface area contributed by atoms with Crippen molar-refractivity contribution in [3.05, 3.63) is 42.1 Å². The van der Waals surface area contributed by atoms with Crippen molar-refractivity contribution in [3.63, 3.8) is 0 Å². The molecule has 0 aliphatic rings. The van der Waals surface area contributed by atoms with Gasteiger partial charge in [0.25, 0.3) is 0 Å². The van der Waals surface area contributed by atoms with Crippen LogP contribution in [0.15, 0.2) is 41.6 Å². The van der Waals surface area contributed by atoms with Crippen LogP contribution in [-0.4, -0.2) is 27.7 Å². The molecule has 0 saturated carbocycles. The summed E-state index contributed by atoms with van der Waals surface area (Å²) < 4.78 is 0. The highest BCUT2D eigenvalue weighted by molar-refractivity contribution is 7.99. The number of thioether (sulfide) groups is 1. The van der Waals surface area contributed by atoms with Crippen molar-refractivity contribution < 1.29 is 4.79 Å². The first-order valence-corrected chi connectivity index (χ1v) is 9.76. The van der Waals surface area contributed by atoms with E-state index in [0.29, 0.717) is 16.8 Å². The van der Waals surface area contributed by atoms with Crippen molar-refractivity contribution in [1.82, 2.24) is 15.3 Å². The van der Waals surface area contributed by atoms with E-state index in [9.17, 15) is 4.79 Å². The van der Waals surface area contributed by atoms with Gasteiger partial charge in [0.1, 0.15) is 0 Å². The van der Waals surface area contributed by atoms with Crippen LogP contribution < -0.4 is 5.32 Å². The molecular formula is C20H27N3OS. The standard InChI is InChI=1S/C20H27N3OS/c1-14(2)10-11-15(3)21-19(24)13-25-20-22-16(4)12-18(23-20)17-8-6-5-7-9-17/h5-9,12,14-15H,10-11,13H2,1-4H3,(H,21,24)/t15-/m0/s1. The first-order chi connectivity index (χ1) is 11.9. The maximum Gasteiger partial charge on any atom is 0.230 e. The third-order valence-corrected chi connectivity index (χ3v) is 4.67. The summed E-state index contributed by atoms with van der Waals surface area (Å²) in [5.74, 6) is 1.03. The molecule has 0 fully saturated rings. The number of carbonyl (C=O) groups excluding carboxylic acids is 1. The average Bonchev–Trinajstić information content (AvgIpc) is 2.58. The van der Waals surface area contributed by atoms with E-state index >= 15 is 0 Å². The Morgan fingerprint density at radius 2 is 1.84 bits per heavy atom. The molecule has 0 radical (unpaired) electrons. The van der Waals surface area contributed by atoms with Crippen molar-refractivity contribution >= 4 is 17.7 Å². The van der Waals surface area contributed by atoms with Gasteiger partial charge in [0.15, 0.2) is 5.16 Å². The van der Waals surface area contributed by atoms with Crippen LogP contribution in [0.25, 0.3) is 11.3 Å². The number of hydrogen-bond donors (Lipinski definition) is 1. The van der Waals surface area contributed by atoms with Gasteiger partial charge >= 0.3 is 0 Å². The number of aryl methyl sites for hydroxylation is 1. The first kappa shape index (κ1) is 19.4. The maximum absolute atomic E-state index is 12.1. The topological polar surface area (TPSA) is 54.9 Å². The van der Waals surface area contributed by atoms with Gasteiger partial charge in [-0.3, -0.25) is 4.79 Å². The third kappa shape index (κ3) is 6.86. The fourth-order valence-electron chi connectivity index (χ4n) is 2.46. The monoisotopic (exact) mass is 357 g/mol. The minimum Gasteiger partial charge on any atom is -0.353 e. The largest absolute Gasteiger partial charge is 0.353 e. The number of amides is 1. The zero-order valence-electron chi connectivity index (χ0n) is 15.5. The smallest absolute Gasteiger partial charge is 0.230 e. The number of nitrogens with zero attached hydrogens (tertiary/aromatic N) is 2. The molecule has 2 rings (SSSR count). The van der Waals surface area contributed by atoms with Gasteiger partial charge in [0.2, 0.25) is 5.91 Å². The van der Waals surface area contributed by atoms with Crippen LogP contribution in [0.1, 0.15) is 39.3 Å². The van der Waals surface area contributed by atoms with E-state index in [4.69, 9.17) is 0 Å². The summed E-state index contributed by atoms with van der Waals surface area (Å²) in [6, 6.07) is 12.2. The molecule has 134 valence electrons. The summed E-state index contributed by atoms with van der Waals surface area (Å²) >= 11 is 1.38. The minimum atomic E-state index is 0.0348. The SMILES string of the molecule is Cc1cc(-c2ccccc2)nc(SCC(=O)N[C@@H](C)CCC(C)C)n1. The van der Waals surface area contributed by atoms with E-state index in [-0.39, 0.29) is 11.9 Å². The molecule has 1 heterocycles. The fourth-order valence-corrected chi connectivity index (χ4v) is 3.18. The third-order valence-electron chi connectivity index (χ3n) is 3.82. The van der Waals surface area contributed by atoms with E-state index in [1.54, 1.807) is 0 Å². The summed E-state index contributed by atoms with van der Waals surface area (Å²) in [5, 5.41) is 3.69. The number of benzene rings is 1. The Bertz CT molecular complexity index is 689. The minimum absolute atomic E-state index is 0.0348. The molecule has 5 heteroatoms. The second-order valence-electron chi connectivity index (χ2n) is 6.77. The highest BCUT2D eigenvalue weighted by atomic mass is 32.2. The molecule has 2 aromatic rings. The molecule has 1 N–H and O–H groups in total. The van der Waals surface area contributed by atoms with Crippen molar-refractivity contribution in [2.24, 2.45) is 5.92 Å². The van der Waals surface area contributed by atoms with Gasteiger partial charge in [-0.1, -0.05) is 55.9 Å². The fraction of sp³-hybridized carbons (Fsp3) is 0.450. The summed E-state index contributed by atoms with van der Waals surface area (Å²) in [5.41, 5.74) is 2.85. The van der Waals surface area contributed by atoms with E-state index < -0.39 is 0 Å². The lowest BCUT2D eigenvalue weighted by Gasteiger charge is -2.14. The Labute approximate surface area is 154 Å². The summed E-state index contributed by atoms with van der Waals surface area (Å²) in [6.45, 7) is 8.40. The van der Waals surface area contributed by atoms with Gasteiger partial charge in [-0.15, -0.1) is 0 Å². The predicted molar refractivity (Wildman–Crippen MR) is 105 cm³/mol. The number of hydrogen-bond acceptors (Lipinski definition) is 4. The molecular weight excluding hydrogens is 330 g/mol. The summed E-state index contributed by atoms with van der Waals surface area (Å²) in [4.78, 5) is 21.2. The number of aromatic nitrogens is 2. The zero-order valence-corrected chi connectivity index (χ0v) is 16.3. The van der Waals surface area contributed by atoms with Gasteiger partial charge in [0, 0.05) is 17.3 Å². The lowest BCUT2D eigenvalue weighted by Crippen LogP contribution is -2.34. The summed E-state index contributed by atoms with van der Waals surface area (Å²) in [7, 11) is 0. The van der Waals surface area contributed by atoms with E-state index in [0.717, 1.165) is 29.8 Å². The Kier molecular flexibility index (Phi) is 7.44. The highest BCUT2D eigenvalue weighted by Crippen LogP contribution is 2.21. The van der Waals surface area contributed by atoms with Gasteiger partial charge in [-0.25, -0.2) is 9.97 Å². The maximum atomic E-state index is 12.1. The molecule has 25 heavy (non-hydrogen) atoms. The van der Waals surface area contributed by atoms with Crippen LogP contribution in [0.4, 0.5) is 0 Å². The lowest BCUT2D eigenvalue weighted by molar-refractivity contribution is -0.119. The molecule has 1 atom stereocenters. The van der Waals surface area contributed by atoms with Crippen molar-refractivity contribution in [1.29, 1.82) is 0 Å². The molecule has 1 amide bonds. The van der Waals surface area contributed by atoms with Gasteiger partial charge < -0.3 is 5.32 Å². The van der Waals surface area contributed by atoms with Crippen LogP contribution in [0.3, 0.4) is 0 Å². The first-order valence-electron chi connectivity index (χ1n) is 8.77. The average molecular weight is 358 g/mol. The van der Waals surface area contributed by atoms with Crippen molar-refractivity contribution in [2.45, 2.75) is 51.7 Å². The molecule has 4 nitrogen and oxygen atoms in total. The lowest BCUT2D eigenvalue weighted by atomic mass is 10.0. The predicted octanol–water partition coefficient (Wildman–Crippen LogP) is 4.49. The van der Waals surface area contributed by atoms with Gasteiger partial charge in [-0.2, -0.15) is 0 Å². The Balaban J connectivity index is 1.92. The second kappa shape index (κ2) is 9.56. The van der Waals surface area contributed by atoms with Gasteiger partial charge in [0.05, 0.1) is 11.4 Å². The molecule has 0 saturated heterocycles. The zero-order chi connectivity index (χ0) is 18.2. The molecule has 0 bridgehead atoms. The van der Waals surface area contributed by atoms with Crippen LogP contribution in [-0.2, 0) is 4.79 Å².